The fourth-order valence-corrected chi connectivity index (χ4v) is 4.40. The lowest BCUT2D eigenvalue weighted by molar-refractivity contribution is 0.853. The summed E-state index contributed by atoms with van der Waals surface area (Å²) in [5, 5.41) is 9.77. The van der Waals surface area contributed by atoms with Crippen LogP contribution < -0.4 is 5.56 Å². The van der Waals surface area contributed by atoms with E-state index in [-0.39, 0.29) is 11.5 Å². The maximum absolute atomic E-state index is 12.4. The van der Waals surface area contributed by atoms with E-state index in [4.69, 9.17) is 23.2 Å². The lowest BCUT2D eigenvalue weighted by Crippen LogP contribution is -2.20. The summed E-state index contributed by atoms with van der Waals surface area (Å²) >= 11 is 13.7. The minimum Gasteiger partial charge on any atom is -0.279 e. The van der Waals surface area contributed by atoms with Gasteiger partial charge in [0.25, 0.3) is 5.56 Å². The van der Waals surface area contributed by atoms with E-state index in [2.05, 4.69) is 10.2 Å². The Morgan fingerprint density at radius 3 is 2.82 bits per heavy atom. The lowest BCUT2D eigenvalue weighted by atomic mass is 10.2. The molecule has 3 aromatic rings. The van der Waals surface area contributed by atoms with Crippen LogP contribution in [0.2, 0.25) is 0 Å². The normalized spacial score (nSPS) is 19.9. The summed E-state index contributed by atoms with van der Waals surface area (Å²) in [6, 6.07) is 7.47. The molecule has 1 aliphatic carbocycles. The van der Waals surface area contributed by atoms with Crippen molar-refractivity contribution in [1.29, 1.82) is 0 Å². The first-order chi connectivity index (χ1) is 10.5. The van der Waals surface area contributed by atoms with Crippen LogP contribution in [0.15, 0.2) is 34.2 Å². The molecule has 0 spiro atoms. The molecule has 1 aliphatic rings. The highest BCUT2D eigenvalue weighted by Gasteiger charge is 2.51. The van der Waals surface area contributed by atoms with E-state index in [1.165, 1.54) is 4.57 Å². The van der Waals surface area contributed by atoms with Gasteiger partial charge in [0.2, 0.25) is 5.78 Å². The Hall–Kier alpha value is -1.24. The summed E-state index contributed by atoms with van der Waals surface area (Å²) < 4.78 is 2.83. The molecule has 0 N–H and O–H groups in total. The lowest BCUT2D eigenvalue weighted by Gasteiger charge is -2.07. The van der Waals surface area contributed by atoms with Gasteiger partial charge in [0.05, 0.1) is 10.9 Å². The molecule has 5 nitrogen and oxygen atoms in total. The van der Waals surface area contributed by atoms with Gasteiger partial charge in [-0.25, -0.2) is 0 Å². The third-order valence-corrected chi connectivity index (χ3v) is 5.98. The molecular weight excluding hydrogens is 343 g/mol. The van der Waals surface area contributed by atoms with Gasteiger partial charge in [0.15, 0.2) is 5.16 Å². The third kappa shape index (κ3) is 2.13. The summed E-state index contributed by atoms with van der Waals surface area (Å²) in [4.78, 5) is 12.4. The average Bonchev–Trinajstić information content (AvgIpc) is 2.93. The molecule has 2 aromatic heterocycles. The number of aromatic nitrogens is 4. The van der Waals surface area contributed by atoms with Crippen LogP contribution in [0, 0.1) is 5.92 Å². The predicted octanol–water partition coefficient (Wildman–Crippen LogP) is 2.87. The second kappa shape index (κ2) is 4.88. The Morgan fingerprint density at radius 1 is 1.36 bits per heavy atom. The second-order valence-electron chi connectivity index (χ2n) is 5.47. The molecule has 1 saturated carbocycles. The van der Waals surface area contributed by atoms with Gasteiger partial charge in [-0.3, -0.25) is 13.8 Å². The molecule has 4 rings (SSSR count). The Balaban J connectivity index is 1.85. The molecule has 0 radical (unpaired) electrons. The molecule has 1 fully saturated rings. The molecule has 1 atom stereocenters. The van der Waals surface area contributed by atoms with Crippen LogP contribution in [0.5, 0.6) is 0 Å². The zero-order valence-electron chi connectivity index (χ0n) is 11.7. The molecule has 0 saturated heterocycles. The second-order valence-corrected chi connectivity index (χ2v) is 8.00. The van der Waals surface area contributed by atoms with E-state index >= 15 is 0 Å². The van der Waals surface area contributed by atoms with Crippen molar-refractivity contribution in [3.8, 4) is 0 Å². The molecule has 1 aromatic carbocycles. The largest absolute Gasteiger partial charge is 0.279 e. The standard InChI is InChI=1S/C14H12Cl2N4OS/c1-19-11(21)9-4-2-3-5-10(9)20-12(19)17-18-13(20)22-7-8-6-14(8,15)16/h2-5,8H,6-7H2,1H3. The molecule has 2 heterocycles. The molecule has 0 amide bonds. The maximum atomic E-state index is 12.4. The first-order valence-electron chi connectivity index (χ1n) is 6.82. The fourth-order valence-electron chi connectivity index (χ4n) is 2.53. The van der Waals surface area contributed by atoms with Gasteiger partial charge >= 0.3 is 0 Å². The van der Waals surface area contributed by atoms with Crippen LogP contribution in [0.3, 0.4) is 0 Å². The molecule has 22 heavy (non-hydrogen) atoms. The van der Waals surface area contributed by atoms with Crippen LogP contribution in [0.4, 0.5) is 0 Å². The molecule has 1 unspecified atom stereocenters. The highest BCUT2D eigenvalue weighted by atomic mass is 35.5. The van der Waals surface area contributed by atoms with Gasteiger partial charge in [-0.15, -0.1) is 33.4 Å². The van der Waals surface area contributed by atoms with Crippen LogP contribution in [0.1, 0.15) is 6.42 Å². The molecule has 8 heteroatoms. The van der Waals surface area contributed by atoms with Crippen molar-refractivity contribution in [3.05, 3.63) is 34.6 Å². The Labute approximate surface area is 140 Å². The van der Waals surface area contributed by atoms with E-state index < -0.39 is 4.33 Å². The average molecular weight is 355 g/mol. The molecule has 0 aliphatic heterocycles. The zero-order valence-corrected chi connectivity index (χ0v) is 14.0. The first kappa shape index (κ1) is 14.4. The Bertz CT molecular complexity index is 949. The summed E-state index contributed by atoms with van der Waals surface area (Å²) in [5.74, 6) is 1.59. The number of thioether (sulfide) groups is 1. The van der Waals surface area contributed by atoms with E-state index in [0.29, 0.717) is 11.2 Å². The summed E-state index contributed by atoms with van der Waals surface area (Å²) in [6.45, 7) is 0. The highest BCUT2D eigenvalue weighted by molar-refractivity contribution is 7.99. The summed E-state index contributed by atoms with van der Waals surface area (Å²) in [6.07, 6.45) is 0.805. The number of nitrogens with zero attached hydrogens (tertiary/aromatic N) is 4. The number of para-hydroxylation sites is 1. The number of aryl methyl sites for hydroxylation is 1. The van der Waals surface area contributed by atoms with E-state index in [0.717, 1.165) is 22.8 Å². The molecular formula is C14H12Cl2N4OS. The highest BCUT2D eigenvalue weighted by Crippen LogP contribution is 2.54. The number of halogens is 2. The van der Waals surface area contributed by atoms with Crippen molar-refractivity contribution in [3.63, 3.8) is 0 Å². The SMILES string of the molecule is Cn1c(=O)c2ccccc2n2c(SCC3CC3(Cl)Cl)nnc12. The number of rotatable bonds is 3. The number of fused-ring (bicyclic) bond motifs is 3. The number of hydrogen-bond donors (Lipinski definition) is 0. The number of hydrogen-bond acceptors (Lipinski definition) is 4. The van der Waals surface area contributed by atoms with E-state index in [1.54, 1.807) is 18.8 Å². The quantitative estimate of drug-likeness (QED) is 0.536. The van der Waals surface area contributed by atoms with Gasteiger partial charge in [-0.2, -0.15) is 0 Å². The summed E-state index contributed by atoms with van der Waals surface area (Å²) in [7, 11) is 1.71. The van der Waals surface area contributed by atoms with Crippen molar-refractivity contribution in [2.24, 2.45) is 13.0 Å². The molecule has 0 bridgehead atoms. The molecule has 114 valence electrons. The number of benzene rings is 1. The van der Waals surface area contributed by atoms with Crippen molar-refractivity contribution < 1.29 is 0 Å². The van der Waals surface area contributed by atoms with Crippen LogP contribution >= 0.6 is 35.0 Å². The van der Waals surface area contributed by atoms with Gasteiger partial charge in [0.1, 0.15) is 4.33 Å². The van der Waals surface area contributed by atoms with Crippen molar-refractivity contribution in [1.82, 2.24) is 19.2 Å². The van der Waals surface area contributed by atoms with Gasteiger partial charge in [0, 0.05) is 18.7 Å². The maximum Gasteiger partial charge on any atom is 0.262 e. The topological polar surface area (TPSA) is 52.2 Å². The van der Waals surface area contributed by atoms with Crippen LogP contribution in [-0.4, -0.2) is 29.3 Å². The van der Waals surface area contributed by atoms with Gasteiger partial charge < -0.3 is 0 Å². The van der Waals surface area contributed by atoms with E-state index in [9.17, 15) is 4.79 Å². The van der Waals surface area contributed by atoms with E-state index in [1.807, 2.05) is 28.7 Å². The zero-order chi connectivity index (χ0) is 15.5. The minimum absolute atomic E-state index is 0.0743. The van der Waals surface area contributed by atoms with Gasteiger partial charge in [-0.1, -0.05) is 23.9 Å². The smallest absolute Gasteiger partial charge is 0.262 e. The fraction of sp³-hybridized carbons (Fsp3) is 0.357. The van der Waals surface area contributed by atoms with Crippen LogP contribution in [0.25, 0.3) is 16.7 Å². The van der Waals surface area contributed by atoms with Crippen molar-refractivity contribution >= 4 is 51.6 Å². The number of alkyl halides is 2. The Kier molecular flexibility index (Phi) is 3.18. The van der Waals surface area contributed by atoms with Crippen molar-refractivity contribution in [2.45, 2.75) is 15.9 Å². The summed E-state index contributed by atoms with van der Waals surface area (Å²) in [5.41, 5.74) is 0.738. The van der Waals surface area contributed by atoms with Gasteiger partial charge in [-0.05, 0) is 18.6 Å². The van der Waals surface area contributed by atoms with Crippen LogP contribution in [-0.2, 0) is 7.05 Å². The predicted molar refractivity (Wildman–Crippen MR) is 89.0 cm³/mol. The third-order valence-electron chi connectivity index (χ3n) is 3.97. The minimum atomic E-state index is -0.595. The monoisotopic (exact) mass is 354 g/mol. The van der Waals surface area contributed by atoms with Crippen molar-refractivity contribution in [2.75, 3.05) is 5.75 Å². The Morgan fingerprint density at radius 2 is 2.09 bits per heavy atom. The first-order valence-corrected chi connectivity index (χ1v) is 8.56.